The van der Waals surface area contributed by atoms with Crippen molar-refractivity contribution in [1.82, 2.24) is 20.0 Å². The van der Waals surface area contributed by atoms with E-state index in [0.29, 0.717) is 0 Å². The SMILES string of the molecule is COc1ccc(-n2nnc3cnccc32)cc1. The molecule has 0 N–H and O–H groups in total. The second-order valence-electron chi connectivity index (χ2n) is 3.56. The molecule has 5 nitrogen and oxygen atoms in total. The summed E-state index contributed by atoms with van der Waals surface area (Å²) in [6.07, 6.45) is 3.42. The highest BCUT2D eigenvalue weighted by atomic mass is 16.5. The summed E-state index contributed by atoms with van der Waals surface area (Å²) in [7, 11) is 1.64. The van der Waals surface area contributed by atoms with E-state index in [1.165, 1.54) is 0 Å². The van der Waals surface area contributed by atoms with Gasteiger partial charge in [-0.3, -0.25) is 4.98 Å². The maximum absolute atomic E-state index is 5.12. The van der Waals surface area contributed by atoms with Crippen molar-refractivity contribution in [3.8, 4) is 11.4 Å². The van der Waals surface area contributed by atoms with Crippen molar-refractivity contribution in [3.63, 3.8) is 0 Å². The molecule has 3 aromatic rings. The first-order chi connectivity index (χ1) is 8.38. The van der Waals surface area contributed by atoms with Gasteiger partial charge in [0.1, 0.15) is 11.3 Å². The van der Waals surface area contributed by atoms with Crippen molar-refractivity contribution in [1.29, 1.82) is 0 Å². The van der Waals surface area contributed by atoms with Gasteiger partial charge in [-0.15, -0.1) is 5.10 Å². The van der Waals surface area contributed by atoms with Crippen LogP contribution in [0.1, 0.15) is 0 Å². The van der Waals surface area contributed by atoms with E-state index in [0.717, 1.165) is 22.5 Å². The molecule has 2 heterocycles. The van der Waals surface area contributed by atoms with Crippen molar-refractivity contribution in [3.05, 3.63) is 42.7 Å². The molecule has 1 aromatic carbocycles. The van der Waals surface area contributed by atoms with Crippen LogP contribution >= 0.6 is 0 Å². The molecule has 0 aliphatic rings. The molecular weight excluding hydrogens is 216 g/mol. The summed E-state index contributed by atoms with van der Waals surface area (Å²) in [4.78, 5) is 4.01. The first kappa shape index (κ1) is 9.77. The van der Waals surface area contributed by atoms with Crippen LogP contribution in [0.15, 0.2) is 42.7 Å². The lowest BCUT2D eigenvalue weighted by molar-refractivity contribution is 0.414. The number of hydrogen-bond donors (Lipinski definition) is 0. The van der Waals surface area contributed by atoms with Gasteiger partial charge in [0.25, 0.3) is 0 Å². The van der Waals surface area contributed by atoms with E-state index < -0.39 is 0 Å². The zero-order valence-corrected chi connectivity index (χ0v) is 9.24. The zero-order valence-electron chi connectivity index (χ0n) is 9.24. The van der Waals surface area contributed by atoms with Crippen molar-refractivity contribution >= 4 is 11.0 Å². The molecule has 84 valence electrons. The Balaban J connectivity index is 2.13. The fourth-order valence-electron chi connectivity index (χ4n) is 1.69. The van der Waals surface area contributed by atoms with Crippen LogP contribution in [0.25, 0.3) is 16.7 Å². The van der Waals surface area contributed by atoms with E-state index in [2.05, 4.69) is 15.3 Å². The van der Waals surface area contributed by atoms with Gasteiger partial charge in [0.05, 0.1) is 24.5 Å². The summed E-state index contributed by atoms with van der Waals surface area (Å²) in [6, 6.07) is 9.55. The lowest BCUT2D eigenvalue weighted by atomic mass is 10.3. The van der Waals surface area contributed by atoms with E-state index >= 15 is 0 Å². The molecule has 2 aromatic heterocycles. The molecular formula is C12H10N4O. The average molecular weight is 226 g/mol. The quantitative estimate of drug-likeness (QED) is 0.668. The predicted octanol–water partition coefficient (Wildman–Crippen LogP) is 1.82. The molecule has 0 saturated carbocycles. The molecule has 5 heteroatoms. The minimum atomic E-state index is 0.781. The lowest BCUT2D eigenvalue weighted by Gasteiger charge is -2.03. The molecule has 17 heavy (non-hydrogen) atoms. The summed E-state index contributed by atoms with van der Waals surface area (Å²) in [5, 5.41) is 8.16. The number of fused-ring (bicyclic) bond motifs is 1. The van der Waals surface area contributed by atoms with Gasteiger partial charge in [0.15, 0.2) is 0 Å². The third-order valence-electron chi connectivity index (χ3n) is 2.56. The van der Waals surface area contributed by atoms with Crippen molar-refractivity contribution in [2.45, 2.75) is 0 Å². The Hall–Kier alpha value is -2.43. The highest BCUT2D eigenvalue weighted by Crippen LogP contribution is 2.17. The minimum absolute atomic E-state index is 0.781. The van der Waals surface area contributed by atoms with Gasteiger partial charge in [0.2, 0.25) is 0 Å². The molecule has 0 aliphatic carbocycles. The van der Waals surface area contributed by atoms with Gasteiger partial charge in [-0.2, -0.15) is 0 Å². The Labute approximate surface area is 97.7 Å². The van der Waals surface area contributed by atoms with Gasteiger partial charge >= 0.3 is 0 Å². The van der Waals surface area contributed by atoms with Crippen LogP contribution in [0.5, 0.6) is 5.75 Å². The van der Waals surface area contributed by atoms with Crippen LogP contribution in [0.4, 0.5) is 0 Å². The number of nitrogens with zero attached hydrogens (tertiary/aromatic N) is 4. The fraction of sp³-hybridized carbons (Fsp3) is 0.0833. The molecule has 0 radical (unpaired) electrons. The van der Waals surface area contributed by atoms with Crippen molar-refractivity contribution in [2.75, 3.05) is 7.11 Å². The third kappa shape index (κ3) is 1.61. The van der Waals surface area contributed by atoms with Crippen LogP contribution in [-0.2, 0) is 0 Å². The van der Waals surface area contributed by atoms with Gasteiger partial charge in [-0.25, -0.2) is 4.68 Å². The van der Waals surface area contributed by atoms with E-state index in [1.54, 1.807) is 24.2 Å². The Morgan fingerprint density at radius 1 is 1.12 bits per heavy atom. The summed E-state index contributed by atoms with van der Waals surface area (Å²) >= 11 is 0. The Morgan fingerprint density at radius 3 is 2.71 bits per heavy atom. The minimum Gasteiger partial charge on any atom is -0.497 e. The summed E-state index contributed by atoms with van der Waals surface area (Å²) in [5.74, 6) is 0.819. The number of benzene rings is 1. The van der Waals surface area contributed by atoms with Gasteiger partial charge in [0, 0.05) is 6.20 Å². The molecule has 0 fully saturated rings. The Morgan fingerprint density at radius 2 is 1.94 bits per heavy atom. The van der Waals surface area contributed by atoms with E-state index in [9.17, 15) is 0 Å². The summed E-state index contributed by atoms with van der Waals surface area (Å²) < 4.78 is 6.89. The average Bonchev–Trinajstić information content (AvgIpc) is 2.83. The maximum atomic E-state index is 5.12. The zero-order chi connectivity index (χ0) is 11.7. The van der Waals surface area contributed by atoms with Crippen molar-refractivity contribution < 1.29 is 4.74 Å². The molecule has 0 aliphatic heterocycles. The van der Waals surface area contributed by atoms with Crippen LogP contribution in [0, 0.1) is 0 Å². The summed E-state index contributed by atoms with van der Waals surface area (Å²) in [6.45, 7) is 0. The number of aromatic nitrogens is 4. The second kappa shape index (κ2) is 3.86. The van der Waals surface area contributed by atoms with Gasteiger partial charge < -0.3 is 4.74 Å². The first-order valence-electron chi connectivity index (χ1n) is 5.18. The Kier molecular flexibility index (Phi) is 2.22. The molecule has 0 amide bonds. The summed E-state index contributed by atoms with van der Waals surface area (Å²) in [5.41, 5.74) is 2.66. The number of methoxy groups -OCH3 is 1. The number of hydrogen-bond acceptors (Lipinski definition) is 4. The maximum Gasteiger partial charge on any atom is 0.131 e. The van der Waals surface area contributed by atoms with Crippen LogP contribution in [0.3, 0.4) is 0 Å². The molecule has 0 spiro atoms. The number of pyridine rings is 1. The molecule has 0 unspecified atom stereocenters. The highest BCUT2D eigenvalue weighted by molar-refractivity contribution is 5.74. The van der Waals surface area contributed by atoms with E-state index in [4.69, 9.17) is 4.74 Å². The molecule has 3 rings (SSSR count). The van der Waals surface area contributed by atoms with Crippen molar-refractivity contribution in [2.24, 2.45) is 0 Å². The normalized spacial score (nSPS) is 10.6. The third-order valence-corrected chi connectivity index (χ3v) is 2.56. The van der Waals surface area contributed by atoms with E-state index in [1.807, 2.05) is 30.3 Å². The van der Waals surface area contributed by atoms with E-state index in [-0.39, 0.29) is 0 Å². The van der Waals surface area contributed by atoms with Gasteiger partial charge in [-0.05, 0) is 30.3 Å². The molecule has 0 bridgehead atoms. The largest absolute Gasteiger partial charge is 0.497 e. The smallest absolute Gasteiger partial charge is 0.131 e. The standard InChI is InChI=1S/C12H10N4O/c1-17-10-4-2-9(3-5-10)16-12-6-7-13-8-11(12)14-15-16/h2-8H,1H3. The topological polar surface area (TPSA) is 52.8 Å². The highest BCUT2D eigenvalue weighted by Gasteiger charge is 2.05. The predicted molar refractivity (Wildman–Crippen MR) is 63.2 cm³/mol. The Bertz CT molecular complexity index is 645. The molecule has 0 saturated heterocycles. The number of ether oxygens (including phenoxy) is 1. The fourth-order valence-corrected chi connectivity index (χ4v) is 1.69. The lowest BCUT2D eigenvalue weighted by Crippen LogP contribution is -1.96. The van der Waals surface area contributed by atoms with Gasteiger partial charge in [-0.1, -0.05) is 5.21 Å². The monoisotopic (exact) mass is 226 g/mol. The number of rotatable bonds is 2. The van der Waals surface area contributed by atoms with Crippen LogP contribution in [0.2, 0.25) is 0 Å². The van der Waals surface area contributed by atoms with Crippen LogP contribution < -0.4 is 4.74 Å². The molecule has 0 atom stereocenters. The second-order valence-corrected chi connectivity index (χ2v) is 3.56. The van der Waals surface area contributed by atoms with Crippen LogP contribution in [-0.4, -0.2) is 27.1 Å². The first-order valence-corrected chi connectivity index (χ1v) is 5.18.